The van der Waals surface area contributed by atoms with E-state index in [1.54, 1.807) is 35.5 Å². The normalized spacial score (nSPS) is 17.1. The molecule has 2 amide bonds. The Balaban J connectivity index is 1.44. The molecule has 0 bridgehead atoms. The molecule has 9 heteroatoms. The molecule has 1 aromatic carbocycles. The Bertz CT molecular complexity index is 1070. The van der Waals surface area contributed by atoms with Crippen molar-refractivity contribution in [3.05, 3.63) is 66.1 Å². The molecule has 1 N–H and O–H groups in total. The molecule has 4 rings (SSSR count). The number of amides is 2. The largest absolute Gasteiger partial charge is 0.349 e. The number of benzene rings is 1. The van der Waals surface area contributed by atoms with Crippen LogP contribution in [0.25, 0.3) is 11.4 Å². The number of pyridine rings is 1. The Labute approximate surface area is 184 Å². The van der Waals surface area contributed by atoms with Gasteiger partial charge in [-0.05, 0) is 42.7 Å². The van der Waals surface area contributed by atoms with E-state index in [0.29, 0.717) is 30.4 Å². The number of carbonyl (C=O) groups excluding carboxylic acids is 2. The minimum Gasteiger partial charge on any atom is -0.349 e. The number of nitrogens with one attached hydrogen (secondary N) is 1. The maximum Gasteiger partial charge on any atom is 0.231 e. The lowest BCUT2D eigenvalue weighted by molar-refractivity contribution is -0.133. The lowest BCUT2D eigenvalue weighted by Gasteiger charge is -2.32. The van der Waals surface area contributed by atoms with Crippen LogP contribution in [-0.2, 0) is 9.59 Å². The average molecular weight is 437 g/mol. The SMILES string of the molecule is CC(=O)N[C@H](CC(=O)N1CCC[C@H](c2nc(-c3cccnc3)no2)C1)c1ccc(F)cc1. The predicted octanol–water partition coefficient (Wildman–Crippen LogP) is 3.24. The van der Waals surface area contributed by atoms with Crippen molar-refractivity contribution in [3.63, 3.8) is 0 Å². The zero-order chi connectivity index (χ0) is 22.5. The van der Waals surface area contributed by atoms with Crippen molar-refractivity contribution in [2.45, 2.75) is 38.1 Å². The highest BCUT2D eigenvalue weighted by molar-refractivity contribution is 5.79. The van der Waals surface area contributed by atoms with Gasteiger partial charge in [-0.15, -0.1) is 0 Å². The van der Waals surface area contributed by atoms with Crippen LogP contribution in [0.4, 0.5) is 4.39 Å². The maximum absolute atomic E-state index is 13.3. The van der Waals surface area contributed by atoms with Gasteiger partial charge < -0.3 is 14.7 Å². The van der Waals surface area contributed by atoms with E-state index in [0.717, 1.165) is 18.4 Å². The smallest absolute Gasteiger partial charge is 0.231 e. The number of hydrogen-bond donors (Lipinski definition) is 1. The van der Waals surface area contributed by atoms with E-state index in [2.05, 4.69) is 20.4 Å². The number of rotatable bonds is 6. The van der Waals surface area contributed by atoms with Crippen molar-refractivity contribution in [2.75, 3.05) is 13.1 Å². The first kappa shape index (κ1) is 21.6. The standard InChI is InChI=1S/C23H24FN5O3/c1-15(30)26-20(16-6-8-19(24)9-7-16)12-21(31)29-11-3-5-18(14-29)23-27-22(28-32-23)17-4-2-10-25-13-17/h2,4,6-10,13,18,20H,3,5,11-12,14H2,1H3,(H,26,30)/t18-,20+/m0/s1. The third kappa shape index (κ3) is 5.16. The second-order valence-electron chi connectivity index (χ2n) is 7.89. The number of halogens is 1. The summed E-state index contributed by atoms with van der Waals surface area (Å²) in [5, 5.41) is 6.85. The van der Waals surface area contributed by atoms with Crippen molar-refractivity contribution < 1.29 is 18.5 Å². The highest BCUT2D eigenvalue weighted by Crippen LogP contribution is 2.29. The van der Waals surface area contributed by atoms with Crippen molar-refractivity contribution in [2.24, 2.45) is 0 Å². The number of carbonyl (C=O) groups is 2. The molecule has 0 spiro atoms. The summed E-state index contributed by atoms with van der Waals surface area (Å²) in [6.45, 7) is 2.48. The van der Waals surface area contributed by atoms with Gasteiger partial charge in [-0.25, -0.2) is 4.39 Å². The fraction of sp³-hybridized carbons (Fsp3) is 0.348. The summed E-state index contributed by atoms with van der Waals surface area (Å²) in [6, 6.07) is 8.94. The van der Waals surface area contributed by atoms with E-state index in [-0.39, 0.29) is 30.0 Å². The Morgan fingerprint density at radius 1 is 1.28 bits per heavy atom. The quantitative estimate of drug-likeness (QED) is 0.635. The van der Waals surface area contributed by atoms with Gasteiger partial charge in [0, 0.05) is 38.0 Å². The number of aromatic nitrogens is 3. The molecule has 0 unspecified atom stereocenters. The molecule has 1 fully saturated rings. The molecule has 8 nitrogen and oxygen atoms in total. The van der Waals surface area contributed by atoms with Crippen molar-refractivity contribution in [3.8, 4) is 11.4 Å². The topological polar surface area (TPSA) is 101 Å². The molecule has 2 atom stereocenters. The van der Waals surface area contributed by atoms with Crippen LogP contribution >= 0.6 is 0 Å². The third-order valence-corrected chi connectivity index (χ3v) is 5.51. The summed E-state index contributed by atoms with van der Waals surface area (Å²) in [7, 11) is 0. The van der Waals surface area contributed by atoms with E-state index in [1.165, 1.54) is 19.1 Å². The zero-order valence-electron chi connectivity index (χ0n) is 17.7. The van der Waals surface area contributed by atoms with E-state index in [4.69, 9.17) is 4.52 Å². The van der Waals surface area contributed by atoms with Gasteiger partial charge in [0.15, 0.2) is 0 Å². The molecule has 1 aliphatic rings. The highest BCUT2D eigenvalue weighted by Gasteiger charge is 2.30. The van der Waals surface area contributed by atoms with Crippen LogP contribution in [0.3, 0.4) is 0 Å². The summed E-state index contributed by atoms with van der Waals surface area (Å²) >= 11 is 0. The first-order chi connectivity index (χ1) is 15.5. The molecule has 1 aliphatic heterocycles. The molecule has 2 aromatic heterocycles. The van der Waals surface area contributed by atoms with Gasteiger partial charge in [-0.1, -0.05) is 17.3 Å². The maximum atomic E-state index is 13.3. The lowest BCUT2D eigenvalue weighted by Crippen LogP contribution is -2.41. The minimum atomic E-state index is -0.526. The molecule has 32 heavy (non-hydrogen) atoms. The Kier molecular flexibility index (Phi) is 6.53. The average Bonchev–Trinajstić information content (AvgIpc) is 3.30. The predicted molar refractivity (Wildman–Crippen MR) is 114 cm³/mol. The van der Waals surface area contributed by atoms with Crippen LogP contribution in [0.5, 0.6) is 0 Å². The van der Waals surface area contributed by atoms with E-state index in [9.17, 15) is 14.0 Å². The van der Waals surface area contributed by atoms with Crippen LogP contribution in [0.2, 0.25) is 0 Å². The van der Waals surface area contributed by atoms with Crippen LogP contribution in [0.1, 0.15) is 49.6 Å². The number of piperidine rings is 1. The minimum absolute atomic E-state index is 0.0596. The second-order valence-corrected chi connectivity index (χ2v) is 7.89. The zero-order valence-corrected chi connectivity index (χ0v) is 17.7. The number of nitrogens with zero attached hydrogens (tertiary/aromatic N) is 4. The first-order valence-electron chi connectivity index (χ1n) is 10.5. The van der Waals surface area contributed by atoms with Gasteiger partial charge >= 0.3 is 0 Å². The van der Waals surface area contributed by atoms with Gasteiger partial charge in [-0.3, -0.25) is 14.6 Å². The van der Waals surface area contributed by atoms with Crippen molar-refractivity contribution >= 4 is 11.8 Å². The molecule has 3 heterocycles. The summed E-state index contributed by atoms with van der Waals surface area (Å²) in [4.78, 5) is 35.1. The third-order valence-electron chi connectivity index (χ3n) is 5.51. The Morgan fingerprint density at radius 3 is 2.81 bits per heavy atom. The van der Waals surface area contributed by atoms with Crippen molar-refractivity contribution in [1.82, 2.24) is 25.3 Å². The molecular formula is C23H24FN5O3. The van der Waals surface area contributed by atoms with Crippen LogP contribution in [-0.4, -0.2) is 44.9 Å². The summed E-state index contributed by atoms with van der Waals surface area (Å²) in [6.07, 6.45) is 5.08. The van der Waals surface area contributed by atoms with Crippen LogP contribution in [0, 0.1) is 5.82 Å². The second kappa shape index (κ2) is 9.67. The Morgan fingerprint density at radius 2 is 2.09 bits per heavy atom. The monoisotopic (exact) mass is 437 g/mol. The first-order valence-corrected chi connectivity index (χ1v) is 10.5. The summed E-state index contributed by atoms with van der Waals surface area (Å²) in [5.74, 6) is 0.195. The number of likely N-dealkylation sites (tertiary alicyclic amines) is 1. The molecular weight excluding hydrogens is 413 g/mol. The van der Waals surface area contributed by atoms with Crippen molar-refractivity contribution in [1.29, 1.82) is 0 Å². The molecule has 3 aromatic rings. The molecule has 1 saturated heterocycles. The molecule has 0 saturated carbocycles. The Hall–Kier alpha value is -3.62. The lowest BCUT2D eigenvalue weighted by atomic mass is 9.96. The van der Waals surface area contributed by atoms with E-state index >= 15 is 0 Å². The highest BCUT2D eigenvalue weighted by atomic mass is 19.1. The van der Waals surface area contributed by atoms with Gasteiger partial charge in [0.2, 0.25) is 23.5 Å². The van der Waals surface area contributed by atoms with Gasteiger partial charge in [0.1, 0.15) is 5.82 Å². The van der Waals surface area contributed by atoms with Crippen LogP contribution in [0.15, 0.2) is 53.3 Å². The van der Waals surface area contributed by atoms with Gasteiger partial charge in [-0.2, -0.15) is 4.98 Å². The van der Waals surface area contributed by atoms with Gasteiger partial charge in [0.05, 0.1) is 18.4 Å². The fourth-order valence-corrected chi connectivity index (χ4v) is 3.91. The molecule has 0 aliphatic carbocycles. The van der Waals surface area contributed by atoms with E-state index < -0.39 is 6.04 Å². The summed E-state index contributed by atoms with van der Waals surface area (Å²) in [5.41, 5.74) is 1.45. The molecule has 166 valence electrons. The fourth-order valence-electron chi connectivity index (χ4n) is 3.91. The van der Waals surface area contributed by atoms with Crippen LogP contribution < -0.4 is 5.32 Å². The van der Waals surface area contributed by atoms with E-state index in [1.807, 2.05) is 6.07 Å². The molecule has 0 radical (unpaired) electrons. The summed E-state index contributed by atoms with van der Waals surface area (Å²) < 4.78 is 18.8. The number of hydrogen-bond acceptors (Lipinski definition) is 6. The van der Waals surface area contributed by atoms with Gasteiger partial charge in [0.25, 0.3) is 0 Å².